The first kappa shape index (κ1) is 11.2. The molecule has 2 atom stereocenters. The Bertz CT molecular complexity index is 283. The molecule has 0 bridgehead atoms. The van der Waals surface area contributed by atoms with Crippen molar-refractivity contribution in [1.82, 2.24) is 0 Å². The van der Waals surface area contributed by atoms with E-state index in [0.717, 1.165) is 11.1 Å². The maximum atomic E-state index is 10.0. The van der Waals surface area contributed by atoms with Gasteiger partial charge in [-0.1, -0.05) is 31.2 Å². The van der Waals surface area contributed by atoms with Crippen LogP contribution in [0.15, 0.2) is 24.3 Å². The molecule has 0 amide bonds. The Kier molecular flexibility index (Phi) is 4.11. The summed E-state index contributed by atoms with van der Waals surface area (Å²) in [6, 6.07) is 7.90. The monoisotopic (exact) mass is 194 g/mol. The largest absolute Gasteiger partial charge is 0.388 e. The maximum absolute atomic E-state index is 10.0. The summed E-state index contributed by atoms with van der Waals surface area (Å²) in [5.41, 5.74) is 2.13. The van der Waals surface area contributed by atoms with E-state index in [1.54, 1.807) is 7.11 Å². The molecule has 14 heavy (non-hydrogen) atoms. The quantitative estimate of drug-likeness (QED) is 0.797. The Labute approximate surface area is 85.5 Å². The third-order valence-electron chi connectivity index (χ3n) is 2.48. The van der Waals surface area contributed by atoms with Gasteiger partial charge in [0.2, 0.25) is 0 Å². The summed E-state index contributed by atoms with van der Waals surface area (Å²) in [5.74, 6) is 0.126. The fraction of sp³-hybridized carbons (Fsp3) is 0.500. The van der Waals surface area contributed by atoms with Crippen molar-refractivity contribution in [2.75, 3.05) is 13.7 Å². The van der Waals surface area contributed by atoms with E-state index in [9.17, 15) is 5.11 Å². The highest BCUT2D eigenvalue weighted by molar-refractivity contribution is 5.27. The van der Waals surface area contributed by atoms with Gasteiger partial charge in [0.1, 0.15) is 0 Å². The van der Waals surface area contributed by atoms with Crippen molar-refractivity contribution < 1.29 is 9.84 Å². The van der Waals surface area contributed by atoms with Crippen LogP contribution in [0.3, 0.4) is 0 Å². The third kappa shape index (κ3) is 2.56. The number of aliphatic hydroxyl groups excluding tert-OH is 1. The average Bonchev–Trinajstić information content (AvgIpc) is 2.18. The Morgan fingerprint density at radius 3 is 2.57 bits per heavy atom. The van der Waals surface area contributed by atoms with Crippen LogP contribution < -0.4 is 0 Å². The van der Waals surface area contributed by atoms with Gasteiger partial charge in [-0.25, -0.2) is 0 Å². The van der Waals surface area contributed by atoms with Crippen LogP contribution in [0.4, 0.5) is 0 Å². The molecule has 0 aliphatic carbocycles. The maximum Gasteiger partial charge on any atom is 0.0840 e. The standard InChI is InChI=1S/C12H18O2/c1-9-6-4-5-7-11(9)12(13)10(2)8-14-3/h4-7,10,12-13H,8H2,1-3H3. The highest BCUT2D eigenvalue weighted by atomic mass is 16.5. The summed E-state index contributed by atoms with van der Waals surface area (Å²) in [5, 5.41) is 10.0. The minimum absolute atomic E-state index is 0.126. The van der Waals surface area contributed by atoms with Crippen molar-refractivity contribution in [3.05, 3.63) is 35.4 Å². The molecule has 1 aromatic rings. The lowest BCUT2D eigenvalue weighted by molar-refractivity contribution is 0.0563. The predicted molar refractivity (Wildman–Crippen MR) is 57.2 cm³/mol. The van der Waals surface area contributed by atoms with Crippen LogP contribution in [0, 0.1) is 12.8 Å². The lowest BCUT2D eigenvalue weighted by atomic mass is 9.95. The molecular formula is C12H18O2. The number of ether oxygens (including phenoxy) is 1. The molecule has 0 aliphatic heterocycles. The number of methoxy groups -OCH3 is 1. The van der Waals surface area contributed by atoms with E-state index in [4.69, 9.17) is 4.74 Å². The van der Waals surface area contributed by atoms with Gasteiger partial charge in [0, 0.05) is 13.0 Å². The molecule has 2 nitrogen and oxygen atoms in total. The number of aliphatic hydroxyl groups is 1. The van der Waals surface area contributed by atoms with Crippen LogP contribution in [0.25, 0.3) is 0 Å². The van der Waals surface area contributed by atoms with Gasteiger partial charge in [-0.2, -0.15) is 0 Å². The van der Waals surface area contributed by atoms with Crippen LogP contribution in [0.2, 0.25) is 0 Å². The Morgan fingerprint density at radius 1 is 1.36 bits per heavy atom. The van der Waals surface area contributed by atoms with Gasteiger partial charge in [0.25, 0.3) is 0 Å². The molecule has 0 radical (unpaired) electrons. The summed E-state index contributed by atoms with van der Waals surface area (Å²) in [6.07, 6.45) is -0.434. The summed E-state index contributed by atoms with van der Waals surface area (Å²) >= 11 is 0. The average molecular weight is 194 g/mol. The molecule has 1 aromatic carbocycles. The van der Waals surface area contributed by atoms with Crippen molar-refractivity contribution in [1.29, 1.82) is 0 Å². The number of hydrogen-bond acceptors (Lipinski definition) is 2. The topological polar surface area (TPSA) is 29.5 Å². The van der Waals surface area contributed by atoms with Crippen molar-refractivity contribution >= 4 is 0 Å². The first-order valence-electron chi connectivity index (χ1n) is 4.89. The molecule has 0 spiro atoms. The van der Waals surface area contributed by atoms with Crippen LogP contribution in [0.5, 0.6) is 0 Å². The Hall–Kier alpha value is -0.860. The molecule has 0 aromatic heterocycles. The predicted octanol–water partition coefficient (Wildman–Crippen LogP) is 2.31. The Balaban J connectivity index is 2.78. The minimum Gasteiger partial charge on any atom is -0.388 e. The van der Waals surface area contributed by atoms with E-state index < -0.39 is 6.10 Å². The highest BCUT2D eigenvalue weighted by Gasteiger charge is 2.17. The van der Waals surface area contributed by atoms with Crippen LogP contribution in [0.1, 0.15) is 24.2 Å². The minimum atomic E-state index is -0.434. The second-order valence-electron chi connectivity index (χ2n) is 3.73. The van der Waals surface area contributed by atoms with Crippen molar-refractivity contribution in [3.8, 4) is 0 Å². The van der Waals surface area contributed by atoms with E-state index in [1.807, 2.05) is 38.1 Å². The second kappa shape index (κ2) is 5.13. The molecule has 0 fully saturated rings. The van der Waals surface area contributed by atoms with E-state index >= 15 is 0 Å². The fourth-order valence-electron chi connectivity index (χ4n) is 1.58. The summed E-state index contributed by atoms with van der Waals surface area (Å²) in [7, 11) is 1.65. The highest BCUT2D eigenvalue weighted by Crippen LogP contribution is 2.24. The molecule has 0 aliphatic rings. The molecule has 2 heteroatoms. The van der Waals surface area contributed by atoms with Crippen molar-refractivity contribution in [3.63, 3.8) is 0 Å². The molecule has 0 heterocycles. The molecule has 2 unspecified atom stereocenters. The molecular weight excluding hydrogens is 176 g/mol. The SMILES string of the molecule is COCC(C)C(O)c1ccccc1C. The lowest BCUT2D eigenvalue weighted by Gasteiger charge is -2.19. The zero-order valence-corrected chi connectivity index (χ0v) is 9.03. The normalized spacial score (nSPS) is 15.1. The number of benzene rings is 1. The van der Waals surface area contributed by atoms with Gasteiger partial charge in [0.05, 0.1) is 12.7 Å². The molecule has 0 saturated carbocycles. The zero-order valence-electron chi connectivity index (χ0n) is 9.03. The van der Waals surface area contributed by atoms with Crippen molar-refractivity contribution in [2.24, 2.45) is 5.92 Å². The van der Waals surface area contributed by atoms with Gasteiger partial charge < -0.3 is 9.84 Å². The van der Waals surface area contributed by atoms with Gasteiger partial charge in [-0.3, -0.25) is 0 Å². The third-order valence-corrected chi connectivity index (χ3v) is 2.48. The molecule has 78 valence electrons. The van der Waals surface area contributed by atoms with Gasteiger partial charge in [0.15, 0.2) is 0 Å². The first-order valence-corrected chi connectivity index (χ1v) is 4.89. The molecule has 1 rings (SSSR count). The van der Waals surface area contributed by atoms with E-state index in [0.29, 0.717) is 6.61 Å². The Morgan fingerprint density at radius 2 is 2.00 bits per heavy atom. The summed E-state index contributed by atoms with van der Waals surface area (Å²) in [4.78, 5) is 0. The number of rotatable bonds is 4. The molecule has 1 N–H and O–H groups in total. The van der Waals surface area contributed by atoms with Crippen LogP contribution >= 0.6 is 0 Å². The second-order valence-corrected chi connectivity index (χ2v) is 3.73. The lowest BCUT2D eigenvalue weighted by Crippen LogP contribution is -2.15. The van der Waals surface area contributed by atoms with E-state index in [1.165, 1.54) is 0 Å². The zero-order chi connectivity index (χ0) is 10.6. The number of aryl methyl sites for hydroxylation is 1. The number of hydrogen-bond donors (Lipinski definition) is 1. The molecule has 0 saturated heterocycles. The van der Waals surface area contributed by atoms with Crippen molar-refractivity contribution in [2.45, 2.75) is 20.0 Å². The van der Waals surface area contributed by atoms with Gasteiger partial charge in [-0.05, 0) is 18.1 Å². The first-order chi connectivity index (χ1) is 6.66. The smallest absolute Gasteiger partial charge is 0.0840 e. The van der Waals surface area contributed by atoms with Gasteiger partial charge in [-0.15, -0.1) is 0 Å². The van der Waals surface area contributed by atoms with E-state index in [2.05, 4.69) is 0 Å². The fourth-order valence-corrected chi connectivity index (χ4v) is 1.58. The summed E-state index contributed by atoms with van der Waals surface area (Å²) < 4.78 is 5.03. The van der Waals surface area contributed by atoms with E-state index in [-0.39, 0.29) is 5.92 Å². The van der Waals surface area contributed by atoms with Gasteiger partial charge >= 0.3 is 0 Å². The summed E-state index contributed by atoms with van der Waals surface area (Å²) in [6.45, 7) is 4.58. The van der Waals surface area contributed by atoms with Crippen LogP contribution in [-0.2, 0) is 4.74 Å². The van der Waals surface area contributed by atoms with Crippen LogP contribution in [-0.4, -0.2) is 18.8 Å².